The van der Waals surface area contributed by atoms with Gasteiger partial charge in [0.2, 0.25) is 0 Å². The quantitative estimate of drug-likeness (QED) is 0.481. The highest BCUT2D eigenvalue weighted by atomic mass is 16.3. The molecule has 0 aromatic rings. The number of nitrogens with one attached hydrogen (secondary N) is 2. The van der Waals surface area contributed by atoms with Crippen molar-refractivity contribution in [3.8, 4) is 0 Å². The predicted molar refractivity (Wildman–Crippen MR) is 41.0 cm³/mol. The Labute approximate surface area is 61.8 Å². The van der Waals surface area contributed by atoms with Crippen molar-refractivity contribution in [2.75, 3.05) is 19.7 Å². The van der Waals surface area contributed by atoms with Crippen LogP contribution in [0.1, 0.15) is 13.3 Å². The van der Waals surface area contributed by atoms with Crippen LogP contribution in [0.15, 0.2) is 0 Å². The van der Waals surface area contributed by atoms with Gasteiger partial charge in [-0.05, 0) is 13.3 Å². The lowest BCUT2D eigenvalue weighted by molar-refractivity contribution is 0.246. The molecule has 0 aromatic carbocycles. The molecule has 0 radical (unpaired) electrons. The SMILES string of the molecule is C[C@H]1CN[C@@H](CCO)CN1. The topological polar surface area (TPSA) is 44.3 Å². The smallest absolute Gasteiger partial charge is 0.0446 e. The van der Waals surface area contributed by atoms with E-state index in [0.717, 1.165) is 19.5 Å². The molecule has 1 fully saturated rings. The molecule has 1 saturated heterocycles. The summed E-state index contributed by atoms with van der Waals surface area (Å²) in [7, 11) is 0. The normalized spacial score (nSPS) is 34.2. The Balaban J connectivity index is 2.13. The lowest BCUT2D eigenvalue weighted by Crippen LogP contribution is -2.53. The number of piperazine rings is 1. The average Bonchev–Trinajstić information content (AvgIpc) is 1.95. The van der Waals surface area contributed by atoms with Gasteiger partial charge in [0.15, 0.2) is 0 Å². The summed E-state index contributed by atoms with van der Waals surface area (Å²) in [4.78, 5) is 0. The summed E-state index contributed by atoms with van der Waals surface area (Å²) >= 11 is 0. The van der Waals surface area contributed by atoms with Gasteiger partial charge in [-0.3, -0.25) is 0 Å². The molecule has 0 aliphatic carbocycles. The fourth-order valence-corrected chi connectivity index (χ4v) is 1.19. The van der Waals surface area contributed by atoms with Gasteiger partial charge in [0.25, 0.3) is 0 Å². The molecule has 1 aliphatic rings. The van der Waals surface area contributed by atoms with Gasteiger partial charge in [-0.25, -0.2) is 0 Å². The van der Waals surface area contributed by atoms with Crippen LogP contribution in [-0.4, -0.2) is 36.9 Å². The fraction of sp³-hybridized carbons (Fsp3) is 1.00. The summed E-state index contributed by atoms with van der Waals surface area (Å²) in [6, 6.07) is 1.05. The van der Waals surface area contributed by atoms with Crippen LogP contribution in [-0.2, 0) is 0 Å². The molecule has 0 aromatic heterocycles. The standard InChI is InChI=1S/C7H16N2O/c1-6-4-9-7(2-3-10)5-8-6/h6-10H,2-5H2,1H3/t6-,7-/m0/s1. The van der Waals surface area contributed by atoms with Gasteiger partial charge in [-0.1, -0.05) is 0 Å². The second kappa shape index (κ2) is 3.91. The van der Waals surface area contributed by atoms with Crippen LogP contribution in [0, 0.1) is 0 Å². The molecular formula is C7H16N2O. The second-order valence-electron chi connectivity index (χ2n) is 2.93. The van der Waals surface area contributed by atoms with Gasteiger partial charge in [0.05, 0.1) is 0 Å². The van der Waals surface area contributed by atoms with Crippen LogP contribution in [0.4, 0.5) is 0 Å². The molecule has 2 atom stereocenters. The number of aliphatic hydroxyl groups is 1. The van der Waals surface area contributed by atoms with Gasteiger partial charge < -0.3 is 15.7 Å². The minimum atomic E-state index is 0.285. The summed E-state index contributed by atoms with van der Waals surface area (Å²) in [5.41, 5.74) is 0. The van der Waals surface area contributed by atoms with E-state index < -0.39 is 0 Å². The van der Waals surface area contributed by atoms with E-state index in [4.69, 9.17) is 5.11 Å². The fourth-order valence-electron chi connectivity index (χ4n) is 1.19. The van der Waals surface area contributed by atoms with Crippen LogP contribution >= 0.6 is 0 Å². The second-order valence-corrected chi connectivity index (χ2v) is 2.93. The van der Waals surface area contributed by atoms with E-state index in [1.165, 1.54) is 0 Å². The first-order valence-electron chi connectivity index (χ1n) is 3.90. The number of rotatable bonds is 2. The van der Waals surface area contributed by atoms with Crippen molar-refractivity contribution in [2.45, 2.75) is 25.4 Å². The third-order valence-corrected chi connectivity index (χ3v) is 1.90. The highest BCUT2D eigenvalue weighted by Gasteiger charge is 2.14. The minimum absolute atomic E-state index is 0.285. The third-order valence-electron chi connectivity index (χ3n) is 1.90. The molecule has 1 aliphatic heterocycles. The molecule has 0 spiro atoms. The Morgan fingerprint density at radius 2 is 2.20 bits per heavy atom. The molecular weight excluding hydrogens is 128 g/mol. The lowest BCUT2D eigenvalue weighted by Gasteiger charge is -2.28. The zero-order valence-corrected chi connectivity index (χ0v) is 6.43. The van der Waals surface area contributed by atoms with E-state index in [0.29, 0.717) is 12.1 Å². The van der Waals surface area contributed by atoms with Crippen molar-refractivity contribution < 1.29 is 5.11 Å². The molecule has 3 N–H and O–H groups in total. The summed E-state index contributed by atoms with van der Waals surface area (Å²) < 4.78 is 0. The van der Waals surface area contributed by atoms with Crippen LogP contribution in [0.3, 0.4) is 0 Å². The molecule has 3 nitrogen and oxygen atoms in total. The van der Waals surface area contributed by atoms with Crippen molar-refractivity contribution >= 4 is 0 Å². The van der Waals surface area contributed by atoms with Crippen LogP contribution in [0.5, 0.6) is 0 Å². The van der Waals surface area contributed by atoms with E-state index in [1.807, 2.05) is 0 Å². The van der Waals surface area contributed by atoms with Gasteiger partial charge in [0, 0.05) is 31.8 Å². The van der Waals surface area contributed by atoms with E-state index in [1.54, 1.807) is 0 Å². The Kier molecular flexibility index (Phi) is 3.12. The molecule has 0 unspecified atom stereocenters. The zero-order valence-electron chi connectivity index (χ0n) is 6.43. The maximum atomic E-state index is 8.62. The molecule has 60 valence electrons. The highest BCUT2D eigenvalue weighted by molar-refractivity contribution is 4.79. The molecule has 0 saturated carbocycles. The lowest BCUT2D eigenvalue weighted by atomic mass is 10.1. The van der Waals surface area contributed by atoms with Crippen molar-refractivity contribution in [1.82, 2.24) is 10.6 Å². The molecule has 1 rings (SSSR count). The molecule has 10 heavy (non-hydrogen) atoms. The summed E-state index contributed by atoms with van der Waals surface area (Å²) in [6.07, 6.45) is 0.861. The zero-order chi connectivity index (χ0) is 7.40. The van der Waals surface area contributed by atoms with E-state index in [9.17, 15) is 0 Å². The van der Waals surface area contributed by atoms with Crippen molar-refractivity contribution in [2.24, 2.45) is 0 Å². The maximum absolute atomic E-state index is 8.62. The van der Waals surface area contributed by atoms with Crippen molar-refractivity contribution in [1.29, 1.82) is 0 Å². The summed E-state index contributed by atoms with van der Waals surface area (Å²) in [6.45, 7) is 4.45. The summed E-state index contributed by atoms with van der Waals surface area (Å²) in [5.74, 6) is 0. The molecule has 0 bridgehead atoms. The average molecular weight is 144 g/mol. The number of hydrogen-bond donors (Lipinski definition) is 3. The largest absolute Gasteiger partial charge is 0.396 e. The van der Waals surface area contributed by atoms with Crippen LogP contribution < -0.4 is 10.6 Å². The number of hydrogen-bond acceptors (Lipinski definition) is 3. The monoisotopic (exact) mass is 144 g/mol. The Morgan fingerprint density at radius 3 is 2.70 bits per heavy atom. The van der Waals surface area contributed by atoms with Crippen molar-refractivity contribution in [3.05, 3.63) is 0 Å². The van der Waals surface area contributed by atoms with Gasteiger partial charge >= 0.3 is 0 Å². The summed E-state index contributed by atoms with van der Waals surface area (Å²) in [5, 5.41) is 15.3. The Hall–Kier alpha value is -0.120. The maximum Gasteiger partial charge on any atom is 0.0446 e. The van der Waals surface area contributed by atoms with Crippen LogP contribution in [0.2, 0.25) is 0 Å². The minimum Gasteiger partial charge on any atom is -0.396 e. The molecule has 3 heteroatoms. The highest BCUT2D eigenvalue weighted by Crippen LogP contribution is 1.95. The van der Waals surface area contributed by atoms with E-state index in [2.05, 4.69) is 17.6 Å². The van der Waals surface area contributed by atoms with E-state index in [-0.39, 0.29) is 6.61 Å². The Morgan fingerprint density at radius 1 is 1.40 bits per heavy atom. The van der Waals surface area contributed by atoms with Crippen molar-refractivity contribution in [3.63, 3.8) is 0 Å². The first kappa shape index (κ1) is 7.98. The molecule has 1 heterocycles. The number of aliphatic hydroxyl groups excluding tert-OH is 1. The predicted octanol–water partition coefficient (Wildman–Crippen LogP) is -0.681. The van der Waals surface area contributed by atoms with Gasteiger partial charge in [-0.2, -0.15) is 0 Å². The first-order chi connectivity index (χ1) is 4.83. The van der Waals surface area contributed by atoms with Crippen LogP contribution in [0.25, 0.3) is 0 Å². The Bertz CT molecular complexity index is 89.6. The van der Waals surface area contributed by atoms with Gasteiger partial charge in [0.1, 0.15) is 0 Å². The molecule has 0 amide bonds. The van der Waals surface area contributed by atoms with Gasteiger partial charge in [-0.15, -0.1) is 0 Å². The van der Waals surface area contributed by atoms with E-state index >= 15 is 0 Å². The third kappa shape index (κ3) is 2.25. The first-order valence-corrected chi connectivity index (χ1v) is 3.90.